The maximum absolute atomic E-state index is 3.24. The number of rotatable bonds is 0. The minimum absolute atomic E-state index is 0.945. The zero-order valence-corrected chi connectivity index (χ0v) is 6.51. The molecule has 1 nitrogen and oxygen atoms in total. The Balaban J connectivity index is 2.91. The van der Waals surface area contributed by atoms with E-state index in [0.717, 1.165) is 6.54 Å². The molecule has 1 aromatic heterocycles. The lowest BCUT2D eigenvalue weighted by atomic mass is 10.3. The molecule has 1 N–H and O–H groups in total. The van der Waals surface area contributed by atoms with Crippen LogP contribution in [-0.2, 0) is 0 Å². The van der Waals surface area contributed by atoms with E-state index in [0.29, 0.717) is 0 Å². The molecule has 0 aromatic carbocycles. The molecular weight excluding hydrogens is 142 g/mol. The molecule has 50 valence electrons. The summed E-state index contributed by atoms with van der Waals surface area (Å²) >= 11 is 1.63. The van der Waals surface area contributed by atoms with Crippen molar-refractivity contribution < 1.29 is 0 Å². The molecule has 0 spiro atoms. The molecule has 0 bridgehead atoms. The van der Waals surface area contributed by atoms with Gasteiger partial charge in [-0.15, -0.1) is 0 Å². The standard InChI is InChI=1S/C8H7NS/c1-6-7-3-5-10-8(7)2-4-9-6/h2,9H,4H2,1H3. The van der Waals surface area contributed by atoms with E-state index in [9.17, 15) is 0 Å². The van der Waals surface area contributed by atoms with Gasteiger partial charge in [0, 0.05) is 12.2 Å². The average Bonchev–Trinajstić information content (AvgIpc) is 2.36. The predicted molar refractivity (Wildman–Crippen MR) is 42.8 cm³/mol. The van der Waals surface area contributed by atoms with Crippen LogP contribution in [0.2, 0.25) is 0 Å². The van der Waals surface area contributed by atoms with Gasteiger partial charge in [0.25, 0.3) is 0 Å². The van der Waals surface area contributed by atoms with Crippen LogP contribution in [0.4, 0.5) is 0 Å². The Labute approximate surface area is 63.7 Å². The minimum atomic E-state index is 0.945. The van der Waals surface area contributed by atoms with Crippen molar-refractivity contribution in [1.29, 1.82) is 0 Å². The average molecular weight is 149 g/mol. The zero-order valence-electron chi connectivity index (χ0n) is 5.69. The van der Waals surface area contributed by atoms with Gasteiger partial charge in [0.15, 0.2) is 0 Å². The Morgan fingerprint density at radius 3 is 3.40 bits per heavy atom. The van der Waals surface area contributed by atoms with E-state index in [1.807, 2.05) is 0 Å². The fourth-order valence-electron chi connectivity index (χ4n) is 1.05. The fourth-order valence-corrected chi connectivity index (χ4v) is 1.79. The molecule has 2 heteroatoms. The molecular formula is C8H7NS. The molecule has 0 radical (unpaired) electrons. The molecule has 0 saturated heterocycles. The second kappa shape index (κ2) is 2.03. The van der Waals surface area contributed by atoms with Crippen molar-refractivity contribution in [3.8, 4) is 0 Å². The third kappa shape index (κ3) is 0.714. The topological polar surface area (TPSA) is 12.0 Å². The predicted octanol–water partition coefficient (Wildman–Crippen LogP) is -0.140. The van der Waals surface area contributed by atoms with E-state index in [1.54, 1.807) is 11.3 Å². The molecule has 2 heterocycles. The smallest absolute Gasteiger partial charge is 0.0620 e. The van der Waals surface area contributed by atoms with Crippen molar-refractivity contribution in [1.82, 2.24) is 5.32 Å². The second-order valence-corrected chi connectivity index (χ2v) is 3.13. The Morgan fingerprint density at radius 1 is 1.70 bits per heavy atom. The summed E-state index contributed by atoms with van der Waals surface area (Å²) in [7, 11) is 0. The second-order valence-electron chi connectivity index (χ2n) is 2.28. The van der Waals surface area contributed by atoms with Crippen LogP contribution in [0.25, 0.3) is 11.8 Å². The summed E-state index contributed by atoms with van der Waals surface area (Å²) in [5, 5.41) is 7.43. The molecule has 10 heavy (non-hydrogen) atoms. The van der Waals surface area contributed by atoms with Crippen molar-refractivity contribution in [2.24, 2.45) is 0 Å². The first-order chi connectivity index (χ1) is 4.88. The lowest BCUT2D eigenvalue weighted by molar-refractivity contribution is 1.00. The highest BCUT2D eigenvalue weighted by molar-refractivity contribution is 7.06. The molecule has 0 saturated carbocycles. The molecule has 0 amide bonds. The summed E-state index contributed by atoms with van der Waals surface area (Å²) < 4.78 is 1.30. The largest absolute Gasteiger partial charge is 0.384 e. The summed E-state index contributed by atoms with van der Waals surface area (Å²) in [4.78, 5) is 0. The zero-order chi connectivity index (χ0) is 6.97. The fraction of sp³-hybridized carbons (Fsp3) is 0.250. The minimum Gasteiger partial charge on any atom is -0.384 e. The van der Waals surface area contributed by atoms with Crippen LogP contribution in [0.5, 0.6) is 0 Å². The number of hydrogen-bond donors (Lipinski definition) is 1. The summed E-state index contributed by atoms with van der Waals surface area (Å²) in [6, 6.07) is 3.07. The van der Waals surface area contributed by atoms with Gasteiger partial charge in [-0.25, -0.2) is 0 Å². The Hall–Kier alpha value is -0.940. The first kappa shape index (κ1) is 5.82. The lowest BCUT2D eigenvalue weighted by Crippen LogP contribution is -2.32. The molecule has 0 unspecified atom stereocenters. The van der Waals surface area contributed by atoms with Crippen molar-refractivity contribution in [2.75, 3.05) is 6.54 Å². The molecule has 0 fully saturated rings. The van der Waals surface area contributed by atoms with Gasteiger partial charge in [-0.3, -0.25) is 0 Å². The molecule has 2 rings (SSSR count). The highest BCUT2D eigenvalue weighted by Crippen LogP contribution is 1.86. The third-order valence-corrected chi connectivity index (χ3v) is 2.41. The quantitative estimate of drug-likeness (QED) is 0.541. The van der Waals surface area contributed by atoms with Gasteiger partial charge in [0.1, 0.15) is 0 Å². The molecule has 0 atom stereocenters. The van der Waals surface area contributed by atoms with Crippen LogP contribution in [0.15, 0.2) is 0 Å². The van der Waals surface area contributed by atoms with Gasteiger partial charge in [0.05, 0.1) is 9.75 Å². The third-order valence-electron chi connectivity index (χ3n) is 1.61. The molecule has 1 aromatic rings. The lowest BCUT2D eigenvalue weighted by Gasteiger charge is -2.04. The van der Waals surface area contributed by atoms with E-state index in [4.69, 9.17) is 0 Å². The van der Waals surface area contributed by atoms with Crippen molar-refractivity contribution in [3.63, 3.8) is 0 Å². The summed E-state index contributed by atoms with van der Waals surface area (Å²) in [5.74, 6) is 0. The Morgan fingerprint density at radius 2 is 2.60 bits per heavy atom. The van der Waals surface area contributed by atoms with Crippen LogP contribution in [0.3, 0.4) is 0 Å². The Bertz CT molecular complexity index is 348. The van der Waals surface area contributed by atoms with E-state index < -0.39 is 0 Å². The van der Waals surface area contributed by atoms with Gasteiger partial charge in [-0.1, -0.05) is 11.3 Å². The van der Waals surface area contributed by atoms with Gasteiger partial charge in [0.2, 0.25) is 0 Å². The Kier molecular flexibility index (Phi) is 1.18. The SMILES string of the molecule is CC1=c2c#csc2=CCN1. The van der Waals surface area contributed by atoms with Gasteiger partial charge in [-0.05, 0) is 24.4 Å². The van der Waals surface area contributed by atoms with Crippen LogP contribution in [0.1, 0.15) is 6.92 Å². The van der Waals surface area contributed by atoms with Crippen LogP contribution >= 0.6 is 11.3 Å². The highest BCUT2D eigenvalue weighted by atomic mass is 32.1. The summed E-state index contributed by atoms with van der Waals surface area (Å²) in [6.07, 6.45) is 2.17. The first-order valence-electron chi connectivity index (χ1n) is 3.21. The first-order valence-corrected chi connectivity index (χ1v) is 4.03. The molecule has 1 aliphatic heterocycles. The number of nitrogens with one attached hydrogen (secondary N) is 1. The molecule has 0 aliphatic carbocycles. The van der Waals surface area contributed by atoms with Crippen LogP contribution < -0.4 is 15.1 Å². The van der Waals surface area contributed by atoms with Crippen molar-refractivity contribution in [2.45, 2.75) is 6.92 Å². The van der Waals surface area contributed by atoms with Crippen molar-refractivity contribution >= 4 is 23.1 Å². The van der Waals surface area contributed by atoms with Crippen LogP contribution in [0, 0.1) is 11.4 Å². The van der Waals surface area contributed by atoms with E-state index in [1.165, 1.54) is 15.4 Å². The van der Waals surface area contributed by atoms with Crippen molar-refractivity contribution in [3.05, 3.63) is 21.2 Å². The van der Waals surface area contributed by atoms with E-state index in [2.05, 4.69) is 29.8 Å². The number of hydrogen-bond acceptors (Lipinski definition) is 2. The monoisotopic (exact) mass is 149 g/mol. The maximum Gasteiger partial charge on any atom is 0.0620 e. The molecule has 1 aliphatic rings. The number of fused-ring (bicyclic) bond motifs is 1. The van der Waals surface area contributed by atoms with Gasteiger partial charge >= 0.3 is 0 Å². The maximum atomic E-state index is 3.24. The van der Waals surface area contributed by atoms with E-state index in [-0.39, 0.29) is 0 Å². The highest BCUT2D eigenvalue weighted by Gasteiger charge is 1.96. The van der Waals surface area contributed by atoms with E-state index >= 15 is 0 Å². The van der Waals surface area contributed by atoms with Crippen LogP contribution in [-0.4, -0.2) is 6.54 Å². The summed E-state index contributed by atoms with van der Waals surface area (Å²) in [6.45, 7) is 3.02. The summed E-state index contributed by atoms with van der Waals surface area (Å²) in [5.41, 5.74) is 1.22. The van der Waals surface area contributed by atoms with Gasteiger partial charge in [-0.2, -0.15) is 0 Å². The van der Waals surface area contributed by atoms with Gasteiger partial charge < -0.3 is 5.32 Å². The normalized spacial score (nSPS) is 14.7.